The number of rotatable bonds is 2. The molecule has 1 aromatic heterocycles. The molecule has 1 heterocycles. The number of hydrogen-bond donors (Lipinski definition) is 2. The number of aromatic amines is 1. The Morgan fingerprint density at radius 1 is 1.05 bits per heavy atom. The summed E-state index contributed by atoms with van der Waals surface area (Å²) in [5.41, 5.74) is 10.6. The molecule has 4 heteroatoms. The lowest BCUT2D eigenvalue weighted by Gasteiger charge is -2.05. The lowest BCUT2D eigenvalue weighted by atomic mass is 10.00. The topological polar surface area (TPSA) is 54.7 Å². The summed E-state index contributed by atoms with van der Waals surface area (Å²) in [6.07, 6.45) is 0. The minimum Gasteiger partial charge on any atom is -0.382 e. The van der Waals surface area contributed by atoms with Crippen LogP contribution in [0.15, 0.2) is 48.5 Å². The fourth-order valence-electron chi connectivity index (χ4n) is 2.27. The standard InChI is InChI=1S/C16H14FN3/c1-10-3-2-4-12(9-10)15-14(16(18)20-19-15)11-5-7-13(17)8-6-11/h2-9H,1H3,(H3,18,19,20). The van der Waals surface area contributed by atoms with Gasteiger partial charge in [0.15, 0.2) is 5.82 Å². The molecule has 0 unspecified atom stereocenters. The second kappa shape index (κ2) is 4.81. The van der Waals surface area contributed by atoms with E-state index in [9.17, 15) is 4.39 Å². The minimum absolute atomic E-state index is 0.270. The molecule has 3 N–H and O–H groups in total. The highest BCUT2D eigenvalue weighted by Crippen LogP contribution is 2.34. The van der Waals surface area contributed by atoms with Gasteiger partial charge in [0.25, 0.3) is 0 Å². The highest BCUT2D eigenvalue weighted by molar-refractivity contribution is 5.87. The Balaban J connectivity index is 2.17. The molecule has 0 radical (unpaired) electrons. The predicted octanol–water partition coefficient (Wildman–Crippen LogP) is 3.77. The second-order valence-corrected chi connectivity index (χ2v) is 4.74. The van der Waals surface area contributed by atoms with Crippen LogP contribution < -0.4 is 5.73 Å². The molecular weight excluding hydrogens is 253 g/mol. The van der Waals surface area contributed by atoms with Crippen LogP contribution in [0, 0.1) is 12.7 Å². The zero-order chi connectivity index (χ0) is 14.1. The average Bonchev–Trinajstić information content (AvgIpc) is 2.82. The quantitative estimate of drug-likeness (QED) is 0.742. The number of halogens is 1. The molecular formula is C16H14FN3. The van der Waals surface area contributed by atoms with Gasteiger partial charge in [0, 0.05) is 5.56 Å². The maximum atomic E-state index is 13.1. The third-order valence-corrected chi connectivity index (χ3v) is 3.23. The van der Waals surface area contributed by atoms with Crippen molar-refractivity contribution in [3.05, 3.63) is 59.9 Å². The third-order valence-electron chi connectivity index (χ3n) is 3.23. The number of benzene rings is 2. The number of nitrogens with zero attached hydrogens (tertiary/aromatic N) is 1. The van der Waals surface area contributed by atoms with Gasteiger partial charge >= 0.3 is 0 Å². The van der Waals surface area contributed by atoms with Gasteiger partial charge < -0.3 is 5.73 Å². The van der Waals surface area contributed by atoms with Crippen molar-refractivity contribution >= 4 is 5.82 Å². The van der Waals surface area contributed by atoms with E-state index in [4.69, 9.17) is 5.73 Å². The van der Waals surface area contributed by atoms with E-state index in [1.165, 1.54) is 12.1 Å². The number of aromatic nitrogens is 2. The lowest BCUT2D eigenvalue weighted by molar-refractivity contribution is 0.628. The molecule has 3 aromatic rings. The van der Waals surface area contributed by atoms with E-state index in [1.807, 2.05) is 25.1 Å². The Bertz CT molecular complexity index is 745. The van der Waals surface area contributed by atoms with Crippen molar-refractivity contribution in [1.82, 2.24) is 10.2 Å². The first-order valence-corrected chi connectivity index (χ1v) is 6.32. The Kier molecular flexibility index (Phi) is 2.99. The largest absolute Gasteiger partial charge is 0.382 e. The third kappa shape index (κ3) is 2.16. The van der Waals surface area contributed by atoms with Gasteiger partial charge in [-0.25, -0.2) is 4.39 Å². The highest BCUT2D eigenvalue weighted by Gasteiger charge is 2.14. The summed E-state index contributed by atoms with van der Waals surface area (Å²) in [4.78, 5) is 0. The van der Waals surface area contributed by atoms with Gasteiger partial charge in [-0.2, -0.15) is 5.10 Å². The number of nitrogen functional groups attached to an aromatic ring is 1. The molecule has 0 bridgehead atoms. The summed E-state index contributed by atoms with van der Waals surface area (Å²) in [7, 11) is 0. The van der Waals surface area contributed by atoms with E-state index >= 15 is 0 Å². The van der Waals surface area contributed by atoms with E-state index in [0.717, 1.165) is 27.9 Å². The second-order valence-electron chi connectivity index (χ2n) is 4.74. The van der Waals surface area contributed by atoms with Gasteiger partial charge in [0.2, 0.25) is 0 Å². The Hall–Kier alpha value is -2.62. The monoisotopic (exact) mass is 267 g/mol. The SMILES string of the molecule is Cc1cccc(-c2[nH]nc(N)c2-c2ccc(F)cc2)c1. The van der Waals surface area contributed by atoms with Gasteiger partial charge in [-0.1, -0.05) is 35.9 Å². The first kappa shape index (κ1) is 12.4. The van der Waals surface area contributed by atoms with Crippen molar-refractivity contribution in [3.8, 4) is 22.4 Å². The van der Waals surface area contributed by atoms with E-state index in [1.54, 1.807) is 12.1 Å². The number of nitrogens with one attached hydrogen (secondary N) is 1. The van der Waals surface area contributed by atoms with Crippen molar-refractivity contribution in [3.63, 3.8) is 0 Å². The smallest absolute Gasteiger partial charge is 0.153 e. The number of aryl methyl sites for hydroxylation is 1. The van der Waals surface area contributed by atoms with Crippen LogP contribution in [0.25, 0.3) is 22.4 Å². The van der Waals surface area contributed by atoms with Crippen molar-refractivity contribution in [2.45, 2.75) is 6.92 Å². The van der Waals surface area contributed by atoms with Crippen LogP contribution in [0.2, 0.25) is 0 Å². The number of nitrogens with two attached hydrogens (primary N) is 1. The molecule has 100 valence electrons. The summed E-state index contributed by atoms with van der Waals surface area (Å²) in [5.74, 6) is 0.140. The highest BCUT2D eigenvalue weighted by atomic mass is 19.1. The van der Waals surface area contributed by atoms with Gasteiger partial charge in [-0.05, 0) is 30.7 Å². The molecule has 0 aliphatic heterocycles. The summed E-state index contributed by atoms with van der Waals surface area (Å²) in [5, 5.41) is 7.04. The maximum Gasteiger partial charge on any atom is 0.153 e. The average molecular weight is 267 g/mol. The van der Waals surface area contributed by atoms with Crippen LogP contribution in [0.3, 0.4) is 0 Å². The summed E-state index contributed by atoms with van der Waals surface area (Å²) in [6.45, 7) is 2.03. The Labute approximate surface area is 116 Å². The summed E-state index contributed by atoms with van der Waals surface area (Å²) >= 11 is 0. The van der Waals surface area contributed by atoms with Crippen LogP contribution in [0.5, 0.6) is 0 Å². The van der Waals surface area contributed by atoms with E-state index < -0.39 is 0 Å². The molecule has 0 aliphatic carbocycles. The van der Waals surface area contributed by atoms with Crippen molar-refractivity contribution in [1.29, 1.82) is 0 Å². The van der Waals surface area contributed by atoms with Gasteiger partial charge in [-0.15, -0.1) is 0 Å². The predicted molar refractivity (Wildman–Crippen MR) is 78.6 cm³/mol. The van der Waals surface area contributed by atoms with Gasteiger partial charge in [0.05, 0.1) is 11.3 Å². The fourth-order valence-corrected chi connectivity index (χ4v) is 2.27. The van der Waals surface area contributed by atoms with Crippen LogP contribution in [0.4, 0.5) is 10.2 Å². The maximum absolute atomic E-state index is 13.1. The molecule has 0 atom stereocenters. The zero-order valence-electron chi connectivity index (χ0n) is 11.0. The molecule has 0 saturated carbocycles. The number of hydrogen-bond acceptors (Lipinski definition) is 2. The molecule has 3 rings (SSSR count). The van der Waals surface area contributed by atoms with E-state index in [-0.39, 0.29) is 5.82 Å². The molecule has 0 amide bonds. The van der Waals surface area contributed by atoms with Crippen LogP contribution >= 0.6 is 0 Å². The number of anilines is 1. The molecule has 20 heavy (non-hydrogen) atoms. The fraction of sp³-hybridized carbons (Fsp3) is 0.0625. The molecule has 0 fully saturated rings. The Morgan fingerprint density at radius 2 is 1.80 bits per heavy atom. The molecule has 0 aliphatic rings. The van der Waals surface area contributed by atoms with Crippen LogP contribution in [-0.2, 0) is 0 Å². The first-order chi connectivity index (χ1) is 9.65. The van der Waals surface area contributed by atoms with Crippen molar-refractivity contribution in [2.75, 3.05) is 5.73 Å². The molecule has 2 aromatic carbocycles. The van der Waals surface area contributed by atoms with Crippen molar-refractivity contribution in [2.24, 2.45) is 0 Å². The van der Waals surface area contributed by atoms with Crippen molar-refractivity contribution < 1.29 is 4.39 Å². The molecule has 3 nitrogen and oxygen atoms in total. The normalized spacial score (nSPS) is 10.7. The zero-order valence-corrected chi connectivity index (χ0v) is 11.0. The van der Waals surface area contributed by atoms with E-state index in [0.29, 0.717) is 5.82 Å². The lowest BCUT2D eigenvalue weighted by Crippen LogP contribution is -1.89. The van der Waals surface area contributed by atoms with Gasteiger partial charge in [-0.3, -0.25) is 5.10 Å². The van der Waals surface area contributed by atoms with E-state index in [2.05, 4.69) is 16.3 Å². The van der Waals surface area contributed by atoms with Crippen LogP contribution in [-0.4, -0.2) is 10.2 Å². The number of H-pyrrole nitrogens is 1. The molecule has 0 saturated heterocycles. The molecule has 0 spiro atoms. The minimum atomic E-state index is -0.270. The Morgan fingerprint density at radius 3 is 2.50 bits per heavy atom. The summed E-state index contributed by atoms with van der Waals surface area (Å²) < 4.78 is 13.1. The first-order valence-electron chi connectivity index (χ1n) is 6.32. The van der Waals surface area contributed by atoms with Gasteiger partial charge in [0.1, 0.15) is 5.82 Å². The summed E-state index contributed by atoms with van der Waals surface area (Å²) in [6, 6.07) is 14.3. The van der Waals surface area contributed by atoms with Crippen LogP contribution in [0.1, 0.15) is 5.56 Å².